The van der Waals surface area contributed by atoms with E-state index in [1.807, 2.05) is 55.5 Å². The third-order valence-corrected chi connectivity index (χ3v) is 5.64. The predicted octanol–water partition coefficient (Wildman–Crippen LogP) is 5.21. The maximum atomic E-state index is 12.4. The molecule has 0 aliphatic heterocycles. The Morgan fingerprint density at radius 2 is 1.62 bits per heavy atom. The van der Waals surface area contributed by atoms with Crippen LogP contribution in [0.5, 0.6) is 5.75 Å². The summed E-state index contributed by atoms with van der Waals surface area (Å²) in [5.74, 6) is 0.560. The molecule has 172 valence electrons. The fourth-order valence-electron chi connectivity index (χ4n) is 3.96. The summed E-state index contributed by atoms with van der Waals surface area (Å²) < 4.78 is 16.2. The molecule has 0 heterocycles. The zero-order valence-corrected chi connectivity index (χ0v) is 18.4. The third-order valence-electron chi connectivity index (χ3n) is 5.64. The van der Waals surface area contributed by atoms with Gasteiger partial charge in [0.2, 0.25) is 0 Å². The highest BCUT2D eigenvalue weighted by molar-refractivity contribution is 5.91. The van der Waals surface area contributed by atoms with Gasteiger partial charge < -0.3 is 19.3 Å². The summed E-state index contributed by atoms with van der Waals surface area (Å²) in [6.45, 7) is 3.16. The Morgan fingerprint density at radius 3 is 2.28 bits per heavy atom. The molecular weight excluding hydrogens is 410 g/mol. The van der Waals surface area contributed by atoms with Crippen molar-refractivity contribution < 1.29 is 28.9 Å². The van der Waals surface area contributed by atoms with Crippen molar-refractivity contribution in [3.8, 4) is 16.9 Å². The first-order valence-corrected chi connectivity index (χ1v) is 11.1. The van der Waals surface area contributed by atoms with Crippen LogP contribution in [0, 0.1) is 11.8 Å². The number of hydrogen-bond donors (Lipinski definition) is 2. The quantitative estimate of drug-likeness (QED) is 0.526. The van der Waals surface area contributed by atoms with E-state index in [0.717, 1.165) is 42.6 Å². The van der Waals surface area contributed by atoms with Gasteiger partial charge in [-0.15, -0.1) is 0 Å². The number of nitrogens with one attached hydrogen (secondary N) is 1. The molecular formula is C25H31NO6. The molecule has 0 spiro atoms. The Morgan fingerprint density at radius 1 is 0.969 bits per heavy atom. The first-order valence-electron chi connectivity index (χ1n) is 11.1. The number of anilines is 1. The highest BCUT2D eigenvalue weighted by atomic mass is 16.5. The van der Waals surface area contributed by atoms with Crippen LogP contribution in [0.1, 0.15) is 32.6 Å². The first-order chi connectivity index (χ1) is 15.5. The molecule has 0 atom stereocenters. The van der Waals surface area contributed by atoms with Crippen molar-refractivity contribution in [2.75, 3.05) is 31.7 Å². The minimum atomic E-state index is -0.942. The van der Waals surface area contributed by atoms with Gasteiger partial charge in [0, 0.05) is 5.56 Å². The van der Waals surface area contributed by atoms with E-state index in [4.69, 9.17) is 19.3 Å². The van der Waals surface area contributed by atoms with Crippen LogP contribution < -0.4 is 10.1 Å². The second kappa shape index (κ2) is 12.1. The lowest BCUT2D eigenvalue weighted by atomic mass is 9.83. The van der Waals surface area contributed by atoms with Crippen LogP contribution in [-0.2, 0) is 14.3 Å². The van der Waals surface area contributed by atoms with E-state index in [0.29, 0.717) is 37.3 Å². The van der Waals surface area contributed by atoms with Gasteiger partial charge in [-0.3, -0.25) is 5.32 Å². The van der Waals surface area contributed by atoms with Gasteiger partial charge in [-0.2, -0.15) is 0 Å². The van der Waals surface area contributed by atoms with Crippen LogP contribution in [0.2, 0.25) is 0 Å². The van der Waals surface area contributed by atoms with E-state index >= 15 is 0 Å². The molecule has 32 heavy (non-hydrogen) atoms. The molecule has 0 unspecified atom stereocenters. The zero-order valence-electron chi connectivity index (χ0n) is 18.4. The molecule has 0 bridgehead atoms. The topological polar surface area (TPSA) is 94.1 Å². The first kappa shape index (κ1) is 23.6. The lowest BCUT2D eigenvalue weighted by Gasteiger charge is -2.27. The number of benzene rings is 2. The van der Waals surface area contributed by atoms with Crippen LogP contribution in [-0.4, -0.2) is 43.6 Å². The molecule has 1 aliphatic carbocycles. The van der Waals surface area contributed by atoms with E-state index in [1.165, 1.54) is 0 Å². The van der Waals surface area contributed by atoms with E-state index < -0.39 is 12.1 Å². The monoisotopic (exact) mass is 441 g/mol. The summed E-state index contributed by atoms with van der Waals surface area (Å²) in [6.07, 6.45) is 3.33. The highest BCUT2D eigenvalue weighted by Crippen LogP contribution is 2.31. The van der Waals surface area contributed by atoms with Gasteiger partial charge in [-0.25, -0.2) is 9.59 Å². The number of carboxylic acids is 1. The Bertz CT molecular complexity index is 874. The molecule has 1 saturated carbocycles. The molecule has 2 aromatic rings. The number of para-hydroxylation sites is 1. The van der Waals surface area contributed by atoms with Gasteiger partial charge in [0.25, 0.3) is 0 Å². The molecule has 1 fully saturated rings. The van der Waals surface area contributed by atoms with Crippen LogP contribution in [0.15, 0.2) is 48.5 Å². The van der Waals surface area contributed by atoms with Crippen molar-refractivity contribution in [3.63, 3.8) is 0 Å². The number of carbonyl (C=O) groups excluding carboxylic acids is 1. The minimum absolute atomic E-state index is 0.249. The fourth-order valence-corrected chi connectivity index (χ4v) is 3.96. The van der Waals surface area contributed by atoms with Gasteiger partial charge in [0.15, 0.2) is 0 Å². The number of carboxylic acid groups (broad SMARTS) is 1. The third kappa shape index (κ3) is 7.27. The molecule has 2 aromatic carbocycles. The van der Waals surface area contributed by atoms with Crippen molar-refractivity contribution in [1.29, 1.82) is 0 Å². The van der Waals surface area contributed by atoms with Crippen molar-refractivity contribution in [3.05, 3.63) is 48.5 Å². The van der Waals surface area contributed by atoms with Crippen LogP contribution in [0.25, 0.3) is 11.1 Å². The van der Waals surface area contributed by atoms with Crippen LogP contribution in [0.4, 0.5) is 10.5 Å². The van der Waals surface area contributed by atoms with Gasteiger partial charge in [0.1, 0.15) is 12.4 Å². The average molecular weight is 442 g/mol. The fraction of sp³-hybridized carbons (Fsp3) is 0.440. The minimum Gasteiger partial charge on any atom is -0.494 e. The Balaban J connectivity index is 1.46. The van der Waals surface area contributed by atoms with E-state index in [9.17, 15) is 9.59 Å². The maximum absolute atomic E-state index is 12.4. The molecule has 0 aromatic heterocycles. The molecule has 3 rings (SSSR count). The second-order valence-corrected chi connectivity index (χ2v) is 8.02. The van der Waals surface area contributed by atoms with Crippen molar-refractivity contribution in [1.82, 2.24) is 0 Å². The molecule has 7 heteroatoms. The van der Waals surface area contributed by atoms with E-state index in [-0.39, 0.29) is 6.61 Å². The van der Waals surface area contributed by atoms with Gasteiger partial charge in [0.05, 0.1) is 25.5 Å². The normalized spacial score (nSPS) is 18.0. The second-order valence-electron chi connectivity index (χ2n) is 8.02. The van der Waals surface area contributed by atoms with Crippen molar-refractivity contribution in [2.45, 2.75) is 32.6 Å². The molecule has 7 nitrogen and oxygen atoms in total. The summed E-state index contributed by atoms with van der Waals surface area (Å²) in [7, 11) is 0. The smallest absolute Gasteiger partial charge is 0.411 e. The summed E-state index contributed by atoms with van der Waals surface area (Å²) in [5, 5.41) is 11.5. The maximum Gasteiger partial charge on any atom is 0.411 e. The van der Waals surface area contributed by atoms with Crippen LogP contribution >= 0.6 is 0 Å². The van der Waals surface area contributed by atoms with Gasteiger partial charge in [-0.05, 0) is 68.2 Å². The summed E-state index contributed by atoms with van der Waals surface area (Å²) in [4.78, 5) is 22.9. The number of amides is 1. The Kier molecular flexibility index (Phi) is 8.92. The SMILES string of the molecule is CCOc1ccc(-c2ccccc2NC(=O)OCC2CCC(COCC(=O)O)CC2)cc1. The Labute approximate surface area is 188 Å². The molecule has 1 amide bonds. The molecule has 0 saturated heterocycles. The molecule has 1 aliphatic rings. The van der Waals surface area contributed by atoms with Crippen LogP contribution in [0.3, 0.4) is 0 Å². The van der Waals surface area contributed by atoms with Gasteiger partial charge in [-0.1, -0.05) is 30.3 Å². The number of hydrogen-bond acceptors (Lipinski definition) is 5. The number of ether oxygens (including phenoxy) is 3. The Hall–Kier alpha value is -3.06. The predicted molar refractivity (Wildman–Crippen MR) is 122 cm³/mol. The van der Waals surface area contributed by atoms with Gasteiger partial charge >= 0.3 is 12.1 Å². The van der Waals surface area contributed by atoms with E-state index in [2.05, 4.69) is 5.32 Å². The van der Waals surface area contributed by atoms with Crippen molar-refractivity contribution in [2.24, 2.45) is 11.8 Å². The molecule has 2 N–H and O–H groups in total. The average Bonchev–Trinajstić information content (AvgIpc) is 2.79. The van der Waals surface area contributed by atoms with Crippen molar-refractivity contribution >= 4 is 17.7 Å². The summed E-state index contributed by atoms with van der Waals surface area (Å²) in [6, 6.07) is 15.4. The number of aliphatic carboxylic acids is 1. The standard InChI is InChI=1S/C25H31NO6/c1-2-31-21-13-11-20(12-14-21)22-5-3-4-6-23(22)26-25(29)32-16-19-9-7-18(8-10-19)15-30-17-24(27)28/h3-6,11-14,18-19H,2,7-10,15-17H2,1H3,(H,26,29)(H,27,28). The number of rotatable bonds is 10. The summed E-state index contributed by atoms with van der Waals surface area (Å²) in [5.41, 5.74) is 2.59. The zero-order chi connectivity index (χ0) is 22.8. The molecule has 0 radical (unpaired) electrons. The summed E-state index contributed by atoms with van der Waals surface area (Å²) >= 11 is 0. The number of carbonyl (C=O) groups is 2. The highest BCUT2D eigenvalue weighted by Gasteiger charge is 2.23. The largest absolute Gasteiger partial charge is 0.494 e. The lowest BCUT2D eigenvalue weighted by molar-refractivity contribution is -0.142. The lowest BCUT2D eigenvalue weighted by Crippen LogP contribution is -2.25. The van der Waals surface area contributed by atoms with E-state index in [1.54, 1.807) is 0 Å².